The molecule has 2 nitrogen and oxygen atoms in total. The topological polar surface area (TPSA) is 26.3 Å². The lowest BCUT2D eigenvalue weighted by atomic mass is 10.1. The Morgan fingerprint density at radius 3 is 1.71 bits per heavy atom. The smallest absolute Gasteiger partial charge is 0.153 e. The molecule has 0 atom stereocenters. The zero-order chi connectivity index (χ0) is 15.8. The summed E-state index contributed by atoms with van der Waals surface area (Å²) < 4.78 is 4.90. The summed E-state index contributed by atoms with van der Waals surface area (Å²) in [6.07, 6.45) is 13.7. The molecule has 0 radical (unpaired) electrons. The highest BCUT2D eigenvalue weighted by Crippen LogP contribution is 2.13. The summed E-state index contributed by atoms with van der Waals surface area (Å²) in [4.78, 5) is 10.3. The molecule has 1 rings (SSSR count). The lowest BCUT2D eigenvalue weighted by Crippen LogP contribution is -1.88. The molecule has 2 heteroatoms. The molecule has 0 aliphatic heterocycles. The van der Waals surface area contributed by atoms with Crippen molar-refractivity contribution in [3.8, 4) is 5.75 Å². The zero-order valence-electron chi connectivity index (χ0n) is 14.1. The summed E-state index contributed by atoms with van der Waals surface area (Å²) in [5.41, 5.74) is 0.588. The number of aldehydes is 1. The molecule has 0 aliphatic rings. The van der Waals surface area contributed by atoms with Gasteiger partial charge >= 0.3 is 0 Å². The fourth-order valence-electron chi connectivity index (χ4n) is 2.15. The molecule has 0 saturated carbocycles. The first-order valence-corrected chi connectivity index (χ1v) is 8.38. The lowest BCUT2D eigenvalue weighted by molar-refractivity contribution is 0.112. The van der Waals surface area contributed by atoms with Crippen molar-refractivity contribution in [3.63, 3.8) is 0 Å². The van der Waals surface area contributed by atoms with Crippen LogP contribution in [0.1, 0.15) is 82.0 Å². The predicted octanol–water partition coefficient (Wildman–Crippen LogP) is 6.04. The number of methoxy groups -OCH3 is 1. The standard InChI is InChI=1S/C11H24.C8H8O2/c1-3-5-7-9-11-10-8-6-4-2;1-10-8-5-3-2-4-7(8)6-9/h3-11H2,1-2H3;2-6H,1H3. The number of para-hydroxylation sites is 1. The Hall–Kier alpha value is -1.31. The number of carbonyl (C=O) groups is 1. The molecule has 0 saturated heterocycles. The third kappa shape index (κ3) is 11.1. The summed E-state index contributed by atoms with van der Waals surface area (Å²) in [6.45, 7) is 4.55. The van der Waals surface area contributed by atoms with E-state index in [0.29, 0.717) is 11.3 Å². The van der Waals surface area contributed by atoms with Crippen molar-refractivity contribution >= 4 is 6.29 Å². The molecule has 0 heterocycles. The first-order chi connectivity index (χ1) is 10.3. The van der Waals surface area contributed by atoms with E-state index in [1.165, 1.54) is 57.8 Å². The fourth-order valence-corrected chi connectivity index (χ4v) is 2.15. The number of rotatable bonds is 10. The molecule has 1 aromatic carbocycles. The minimum atomic E-state index is 0.588. The maximum atomic E-state index is 10.3. The Morgan fingerprint density at radius 2 is 1.33 bits per heavy atom. The molecule has 0 amide bonds. The van der Waals surface area contributed by atoms with E-state index in [1.807, 2.05) is 6.07 Å². The average Bonchev–Trinajstić information content (AvgIpc) is 2.54. The maximum absolute atomic E-state index is 10.3. The Labute approximate surface area is 130 Å². The summed E-state index contributed by atoms with van der Waals surface area (Å²) in [6, 6.07) is 7.09. The van der Waals surface area contributed by atoms with Crippen molar-refractivity contribution < 1.29 is 9.53 Å². The molecule has 1 aromatic rings. The minimum absolute atomic E-state index is 0.588. The molecule has 0 bridgehead atoms. The maximum Gasteiger partial charge on any atom is 0.153 e. The van der Waals surface area contributed by atoms with Crippen LogP contribution in [-0.2, 0) is 0 Å². The Kier molecular flexibility index (Phi) is 14.1. The van der Waals surface area contributed by atoms with Crippen LogP contribution in [0.5, 0.6) is 5.75 Å². The van der Waals surface area contributed by atoms with Gasteiger partial charge in [0.15, 0.2) is 6.29 Å². The second kappa shape index (κ2) is 15.1. The Bertz CT molecular complexity index is 339. The molecule has 0 aliphatic carbocycles. The molecule has 0 fully saturated rings. The second-order valence-electron chi connectivity index (χ2n) is 5.33. The fraction of sp³-hybridized carbons (Fsp3) is 0.632. The number of carbonyl (C=O) groups excluding carboxylic acids is 1. The average molecular weight is 292 g/mol. The highest BCUT2D eigenvalue weighted by molar-refractivity contribution is 5.79. The van der Waals surface area contributed by atoms with Gasteiger partial charge in [0.05, 0.1) is 12.7 Å². The largest absolute Gasteiger partial charge is 0.496 e. The van der Waals surface area contributed by atoms with Crippen LogP contribution >= 0.6 is 0 Å². The van der Waals surface area contributed by atoms with E-state index in [-0.39, 0.29) is 0 Å². The number of benzene rings is 1. The van der Waals surface area contributed by atoms with Gasteiger partial charge in [-0.3, -0.25) is 4.79 Å². The van der Waals surface area contributed by atoms with E-state index in [4.69, 9.17) is 4.74 Å². The van der Waals surface area contributed by atoms with Crippen molar-refractivity contribution in [1.29, 1.82) is 0 Å². The van der Waals surface area contributed by atoms with E-state index < -0.39 is 0 Å². The first kappa shape index (κ1) is 19.7. The van der Waals surface area contributed by atoms with Gasteiger partial charge in [-0.25, -0.2) is 0 Å². The van der Waals surface area contributed by atoms with Gasteiger partial charge in [0.2, 0.25) is 0 Å². The summed E-state index contributed by atoms with van der Waals surface area (Å²) in [7, 11) is 1.54. The molecular formula is C19H32O2. The van der Waals surface area contributed by atoms with Crippen LogP contribution in [0.15, 0.2) is 24.3 Å². The van der Waals surface area contributed by atoms with E-state index in [9.17, 15) is 4.79 Å². The normalized spacial score (nSPS) is 9.67. The summed E-state index contributed by atoms with van der Waals surface area (Å²) in [5.74, 6) is 0.623. The first-order valence-electron chi connectivity index (χ1n) is 8.38. The molecule has 0 aromatic heterocycles. The number of hydrogen-bond acceptors (Lipinski definition) is 2. The van der Waals surface area contributed by atoms with Crippen LogP contribution < -0.4 is 4.74 Å². The van der Waals surface area contributed by atoms with E-state index in [2.05, 4.69) is 13.8 Å². The highest BCUT2D eigenvalue weighted by Gasteiger charge is 1.96. The van der Waals surface area contributed by atoms with Gasteiger partial charge in [-0.2, -0.15) is 0 Å². The highest BCUT2D eigenvalue weighted by atomic mass is 16.5. The van der Waals surface area contributed by atoms with Crippen LogP contribution in [0.25, 0.3) is 0 Å². The van der Waals surface area contributed by atoms with Crippen LogP contribution in [0.4, 0.5) is 0 Å². The van der Waals surface area contributed by atoms with Gasteiger partial charge in [0, 0.05) is 0 Å². The van der Waals surface area contributed by atoms with E-state index in [1.54, 1.807) is 25.3 Å². The predicted molar refractivity (Wildman–Crippen MR) is 91.3 cm³/mol. The van der Waals surface area contributed by atoms with Crippen molar-refractivity contribution in [2.45, 2.75) is 71.6 Å². The zero-order valence-corrected chi connectivity index (χ0v) is 14.1. The van der Waals surface area contributed by atoms with E-state index >= 15 is 0 Å². The Balaban J connectivity index is 0.000000382. The molecule has 120 valence electrons. The van der Waals surface area contributed by atoms with Crippen molar-refractivity contribution in [3.05, 3.63) is 29.8 Å². The molecular weight excluding hydrogens is 260 g/mol. The summed E-state index contributed by atoms with van der Waals surface area (Å²) in [5, 5.41) is 0. The Morgan fingerprint density at radius 1 is 0.857 bits per heavy atom. The van der Waals surface area contributed by atoms with Gasteiger partial charge in [0.25, 0.3) is 0 Å². The van der Waals surface area contributed by atoms with Gasteiger partial charge in [0.1, 0.15) is 5.75 Å². The number of ether oxygens (including phenoxy) is 1. The van der Waals surface area contributed by atoms with Gasteiger partial charge in [-0.1, -0.05) is 83.8 Å². The van der Waals surface area contributed by atoms with Crippen molar-refractivity contribution in [2.24, 2.45) is 0 Å². The SMILES string of the molecule is CCCCCCCCCCC.COc1ccccc1C=O. The third-order valence-electron chi connectivity index (χ3n) is 3.47. The van der Waals surface area contributed by atoms with E-state index in [0.717, 1.165) is 6.29 Å². The summed E-state index contributed by atoms with van der Waals surface area (Å²) >= 11 is 0. The van der Waals surface area contributed by atoms with Crippen LogP contribution in [-0.4, -0.2) is 13.4 Å². The van der Waals surface area contributed by atoms with Crippen LogP contribution in [0.2, 0.25) is 0 Å². The molecule has 0 N–H and O–H groups in total. The van der Waals surface area contributed by atoms with Gasteiger partial charge in [-0.15, -0.1) is 0 Å². The lowest BCUT2D eigenvalue weighted by Gasteiger charge is -1.99. The van der Waals surface area contributed by atoms with Crippen molar-refractivity contribution in [1.82, 2.24) is 0 Å². The third-order valence-corrected chi connectivity index (χ3v) is 3.47. The quantitative estimate of drug-likeness (QED) is 0.388. The van der Waals surface area contributed by atoms with Crippen molar-refractivity contribution in [2.75, 3.05) is 7.11 Å². The minimum Gasteiger partial charge on any atom is -0.496 e. The van der Waals surface area contributed by atoms with Crippen LogP contribution in [0.3, 0.4) is 0 Å². The molecule has 0 spiro atoms. The van der Waals surface area contributed by atoms with Crippen LogP contribution in [0, 0.1) is 0 Å². The monoisotopic (exact) mass is 292 g/mol. The molecule has 0 unspecified atom stereocenters. The number of unbranched alkanes of at least 4 members (excludes halogenated alkanes) is 8. The second-order valence-corrected chi connectivity index (χ2v) is 5.33. The van der Waals surface area contributed by atoms with Gasteiger partial charge in [-0.05, 0) is 12.1 Å². The molecule has 21 heavy (non-hydrogen) atoms. The van der Waals surface area contributed by atoms with Gasteiger partial charge < -0.3 is 4.74 Å². The number of hydrogen-bond donors (Lipinski definition) is 0.